The van der Waals surface area contributed by atoms with Gasteiger partial charge in [-0.1, -0.05) is 24.4 Å². The van der Waals surface area contributed by atoms with Gasteiger partial charge in [-0.3, -0.25) is 4.98 Å². The number of pyridine rings is 1. The van der Waals surface area contributed by atoms with E-state index in [-0.39, 0.29) is 17.0 Å². The van der Waals surface area contributed by atoms with E-state index in [0.717, 1.165) is 36.9 Å². The molecule has 1 aromatic carbocycles. The molecule has 1 saturated carbocycles. The summed E-state index contributed by atoms with van der Waals surface area (Å²) in [5, 5.41) is 10.6. The van der Waals surface area contributed by atoms with Crippen LogP contribution in [0.25, 0.3) is 0 Å². The Morgan fingerprint density at radius 3 is 2.53 bits per heavy atom. The standard InChI is InChI=1S/C22H23ClF2N4O2S/c23-14-5-8-21-18(9-14)19(12-26)22(29(21)16-3-1-2-4-16)20-7-6-17(13-27-20)32(30,31)28-15(10-24)11-25/h5-9,13,15-16,19,22,28H,1-4,10-11H2. The van der Waals surface area contributed by atoms with Gasteiger partial charge in [-0.25, -0.2) is 21.9 Å². The van der Waals surface area contributed by atoms with Gasteiger partial charge in [-0.15, -0.1) is 0 Å². The minimum absolute atomic E-state index is 0.187. The number of nitriles is 1. The number of anilines is 1. The fourth-order valence-electron chi connectivity index (χ4n) is 4.67. The van der Waals surface area contributed by atoms with Crippen molar-refractivity contribution in [3.05, 3.63) is 52.8 Å². The Morgan fingerprint density at radius 2 is 1.94 bits per heavy atom. The van der Waals surface area contributed by atoms with E-state index < -0.39 is 35.3 Å². The zero-order valence-electron chi connectivity index (χ0n) is 17.2. The number of aromatic nitrogens is 1. The highest BCUT2D eigenvalue weighted by atomic mass is 35.5. The minimum atomic E-state index is -4.12. The van der Waals surface area contributed by atoms with E-state index in [1.807, 2.05) is 16.9 Å². The summed E-state index contributed by atoms with van der Waals surface area (Å²) in [4.78, 5) is 6.42. The van der Waals surface area contributed by atoms with Gasteiger partial charge in [0.15, 0.2) is 0 Å². The Kier molecular flexibility index (Phi) is 6.65. The number of halogens is 3. The average molecular weight is 481 g/mol. The van der Waals surface area contributed by atoms with Crippen molar-refractivity contribution < 1.29 is 17.2 Å². The van der Waals surface area contributed by atoms with Gasteiger partial charge in [-0.2, -0.15) is 5.26 Å². The zero-order valence-corrected chi connectivity index (χ0v) is 18.8. The summed E-state index contributed by atoms with van der Waals surface area (Å²) in [5.41, 5.74) is 2.35. The van der Waals surface area contributed by atoms with Gasteiger partial charge in [-0.05, 0) is 48.7 Å². The average Bonchev–Trinajstić information content (AvgIpc) is 3.43. The second-order valence-corrected chi connectivity index (χ2v) is 10.3. The second kappa shape index (κ2) is 9.30. The fourth-order valence-corrected chi connectivity index (χ4v) is 5.99. The molecule has 10 heteroatoms. The van der Waals surface area contributed by atoms with Gasteiger partial charge in [0.05, 0.1) is 29.8 Å². The van der Waals surface area contributed by atoms with Crippen LogP contribution in [0.15, 0.2) is 41.4 Å². The number of alkyl halides is 2. The van der Waals surface area contributed by atoms with Gasteiger partial charge < -0.3 is 4.90 Å². The Balaban J connectivity index is 1.70. The molecule has 2 heterocycles. The van der Waals surface area contributed by atoms with Crippen LogP contribution in [0.1, 0.15) is 48.9 Å². The van der Waals surface area contributed by atoms with Crippen LogP contribution >= 0.6 is 11.6 Å². The molecule has 2 atom stereocenters. The molecule has 1 aliphatic heterocycles. The number of benzene rings is 1. The molecule has 1 fully saturated rings. The summed E-state index contributed by atoms with van der Waals surface area (Å²) < 4.78 is 52.4. The second-order valence-electron chi connectivity index (χ2n) is 8.15. The highest BCUT2D eigenvalue weighted by Gasteiger charge is 2.44. The molecule has 32 heavy (non-hydrogen) atoms. The van der Waals surface area contributed by atoms with Crippen molar-refractivity contribution in [2.75, 3.05) is 18.2 Å². The third-order valence-electron chi connectivity index (χ3n) is 6.14. The molecule has 0 amide bonds. The van der Waals surface area contributed by atoms with Crippen molar-refractivity contribution in [1.29, 1.82) is 5.26 Å². The van der Waals surface area contributed by atoms with Crippen molar-refractivity contribution in [2.45, 2.75) is 54.6 Å². The van der Waals surface area contributed by atoms with Crippen molar-refractivity contribution >= 4 is 27.3 Å². The van der Waals surface area contributed by atoms with Gasteiger partial charge in [0.2, 0.25) is 10.0 Å². The van der Waals surface area contributed by atoms with E-state index in [2.05, 4.69) is 16.0 Å². The van der Waals surface area contributed by atoms with E-state index in [4.69, 9.17) is 11.6 Å². The molecule has 0 spiro atoms. The van der Waals surface area contributed by atoms with Crippen LogP contribution in [-0.4, -0.2) is 38.8 Å². The third kappa shape index (κ3) is 4.19. The van der Waals surface area contributed by atoms with Crippen LogP contribution in [0.3, 0.4) is 0 Å². The molecule has 6 nitrogen and oxygen atoms in total. The van der Waals surface area contributed by atoms with Gasteiger partial charge >= 0.3 is 0 Å². The highest BCUT2D eigenvalue weighted by molar-refractivity contribution is 7.89. The van der Waals surface area contributed by atoms with Crippen LogP contribution in [0.5, 0.6) is 0 Å². The van der Waals surface area contributed by atoms with Crippen LogP contribution in [0.2, 0.25) is 5.02 Å². The van der Waals surface area contributed by atoms with E-state index in [0.29, 0.717) is 10.7 Å². The summed E-state index contributed by atoms with van der Waals surface area (Å²) in [6, 6.07) is 9.28. The minimum Gasteiger partial charge on any atom is -0.358 e. The van der Waals surface area contributed by atoms with Gasteiger partial charge in [0, 0.05) is 22.9 Å². The van der Waals surface area contributed by atoms with Crippen LogP contribution in [-0.2, 0) is 10.0 Å². The Hall–Kier alpha value is -2.28. The number of fused-ring (bicyclic) bond motifs is 1. The van der Waals surface area contributed by atoms with Crippen molar-refractivity contribution in [1.82, 2.24) is 9.71 Å². The fraction of sp³-hybridized carbons (Fsp3) is 0.455. The Labute approximate surface area is 191 Å². The molecule has 170 valence electrons. The number of nitrogens with zero attached hydrogens (tertiary/aromatic N) is 3. The van der Waals surface area contributed by atoms with Crippen LogP contribution < -0.4 is 9.62 Å². The largest absolute Gasteiger partial charge is 0.358 e. The molecule has 2 unspecified atom stereocenters. The summed E-state index contributed by atoms with van der Waals surface area (Å²) in [5.74, 6) is -0.514. The van der Waals surface area contributed by atoms with E-state index >= 15 is 0 Å². The maximum atomic E-state index is 12.8. The molecule has 2 aromatic rings. The van der Waals surface area contributed by atoms with Crippen molar-refractivity contribution in [3.63, 3.8) is 0 Å². The number of hydrogen-bond donors (Lipinski definition) is 1. The predicted molar refractivity (Wildman–Crippen MR) is 118 cm³/mol. The third-order valence-corrected chi connectivity index (χ3v) is 7.88. The molecule has 1 aliphatic carbocycles. The van der Waals surface area contributed by atoms with E-state index in [1.165, 1.54) is 12.3 Å². The van der Waals surface area contributed by atoms with Crippen LogP contribution in [0, 0.1) is 11.3 Å². The molecular formula is C22H23ClF2N4O2S. The lowest BCUT2D eigenvalue weighted by molar-refractivity contribution is 0.334. The maximum Gasteiger partial charge on any atom is 0.242 e. The highest BCUT2D eigenvalue weighted by Crippen LogP contribution is 2.51. The molecule has 0 saturated heterocycles. The lowest BCUT2D eigenvalue weighted by Gasteiger charge is -2.34. The lowest BCUT2D eigenvalue weighted by Crippen LogP contribution is -2.38. The lowest BCUT2D eigenvalue weighted by atomic mass is 9.93. The number of hydrogen-bond acceptors (Lipinski definition) is 5. The van der Waals surface area contributed by atoms with Crippen LogP contribution in [0.4, 0.5) is 14.5 Å². The van der Waals surface area contributed by atoms with Gasteiger partial charge in [0.25, 0.3) is 0 Å². The molecule has 1 N–H and O–H groups in total. The van der Waals surface area contributed by atoms with Crippen molar-refractivity contribution in [2.24, 2.45) is 0 Å². The summed E-state index contributed by atoms with van der Waals surface area (Å²) in [6.45, 7) is -2.30. The predicted octanol–water partition coefficient (Wildman–Crippen LogP) is 4.43. The smallest absolute Gasteiger partial charge is 0.242 e. The molecule has 0 bridgehead atoms. The monoisotopic (exact) mass is 480 g/mol. The molecular weight excluding hydrogens is 458 g/mol. The first-order valence-corrected chi connectivity index (χ1v) is 12.3. The molecule has 0 radical (unpaired) electrons. The number of sulfonamides is 1. The Morgan fingerprint density at radius 1 is 1.22 bits per heavy atom. The first-order valence-electron chi connectivity index (χ1n) is 10.5. The molecule has 1 aromatic heterocycles. The van der Waals surface area contributed by atoms with Gasteiger partial charge in [0.1, 0.15) is 18.2 Å². The summed E-state index contributed by atoms with van der Waals surface area (Å²) >= 11 is 6.21. The van der Waals surface area contributed by atoms with Crippen molar-refractivity contribution in [3.8, 4) is 6.07 Å². The maximum absolute atomic E-state index is 12.8. The quantitative estimate of drug-likeness (QED) is 0.633. The Bertz CT molecular complexity index is 1110. The van der Waals surface area contributed by atoms with E-state index in [1.54, 1.807) is 12.1 Å². The summed E-state index contributed by atoms with van der Waals surface area (Å²) in [6.07, 6.45) is 5.38. The molecule has 4 rings (SSSR count). The first kappa shape index (κ1) is 22.9. The zero-order chi connectivity index (χ0) is 22.9. The SMILES string of the molecule is N#CC1c2cc(Cl)ccc2N(C2CCCC2)C1c1ccc(S(=O)(=O)NC(CF)CF)cn1. The number of rotatable bonds is 7. The first-order chi connectivity index (χ1) is 15.4. The normalized spacial score (nSPS) is 21.2. The number of nitrogens with one attached hydrogen (secondary N) is 1. The van der Waals surface area contributed by atoms with E-state index in [9.17, 15) is 22.5 Å². The summed E-state index contributed by atoms with van der Waals surface area (Å²) in [7, 11) is -4.12. The topological polar surface area (TPSA) is 86.1 Å². The molecule has 2 aliphatic rings.